The van der Waals surface area contributed by atoms with Gasteiger partial charge in [0, 0.05) is 26.7 Å². The van der Waals surface area contributed by atoms with Crippen LogP contribution < -0.4 is 5.73 Å². The summed E-state index contributed by atoms with van der Waals surface area (Å²) < 4.78 is 5.32. The number of amides is 1. The van der Waals surface area contributed by atoms with E-state index in [2.05, 4.69) is 13.8 Å². The van der Waals surface area contributed by atoms with E-state index in [1.165, 1.54) is 0 Å². The molecule has 0 aromatic rings. The Kier molecular flexibility index (Phi) is 7.83. The molecule has 1 aliphatic rings. The van der Waals surface area contributed by atoms with E-state index < -0.39 is 0 Å². The molecule has 0 atom stereocenters. The van der Waals surface area contributed by atoms with E-state index >= 15 is 0 Å². The molecule has 0 saturated carbocycles. The molecule has 1 rings (SSSR count). The molecule has 1 heterocycles. The minimum absolute atomic E-state index is 0. The Hall–Kier alpha value is -0.320. The number of hydrogen-bond donors (Lipinski definition) is 1. The summed E-state index contributed by atoms with van der Waals surface area (Å²) in [6.07, 6.45) is 3.84. The first kappa shape index (κ1) is 17.7. The minimum atomic E-state index is -0.347. The molecular weight excluding hydrogens is 252 g/mol. The first-order valence-corrected chi connectivity index (χ1v) is 6.65. The first-order chi connectivity index (χ1) is 8.13. The third-order valence-electron chi connectivity index (χ3n) is 4.26. The maximum Gasteiger partial charge on any atom is 0.230 e. The van der Waals surface area contributed by atoms with Gasteiger partial charge in [-0.15, -0.1) is 12.4 Å². The van der Waals surface area contributed by atoms with Crippen LogP contribution in [-0.4, -0.2) is 43.7 Å². The lowest BCUT2D eigenvalue weighted by molar-refractivity contribution is -0.144. The number of carbonyl (C=O) groups is 1. The van der Waals surface area contributed by atoms with Crippen LogP contribution in [0.4, 0.5) is 0 Å². The fourth-order valence-electron chi connectivity index (χ4n) is 2.56. The van der Waals surface area contributed by atoms with Crippen LogP contribution in [0.2, 0.25) is 0 Å². The van der Waals surface area contributed by atoms with Gasteiger partial charge in [-0.1, -0.05) is 13.8 Å². The lowest BCUT2D eigenvalue weighted by Crippen LogP contribution is -2.50. The number of piperidine rings is 1. The van der Waals surface area contributed by atoms with Gasteiger partial charge >= 0.3 is 0 Å². The van der Waals surface area contributed by atoms with Crippen LogP contribution in [0.25, 0.3) is 0 Å². The molecule has 0 bridgehead atoms. The van der Waals surface area contributed by atoms with Gasteiger partial charge in [0.2, 0.25) is 5.91 Å². The van der Waals surface area contributed by atoms with Crippen molar-refractivity contribution >= 4 is 18.3 Å². The molecule has 0 aliphatic carbocycles. The molecular formula is C13H27ClN2O2. The zero-order chi connectivity index (χ0) is 12.9. The summed E-state index contributed by atoms with van der Waals surface area (Å²) in [7, 11) is 1.74. The Balaban J connectivity index is 0.00000289. The van der Waals surface area contributed by atoms with E-state index in [4.69, 9.17) is 10.5 Å². The summed E-state index contributed by atoms with van der Waals surface area (Å²) in [5, 5.41) is 0. The summed E-state index contributed by atoms with van der Waals surface area (Å²) in [4.78, 5) is 14.5. The predicted molar refractivity (Wildman–Crippen MR) is 75.9 cm³/mol. The molecule has 0 aromatic heterocycles. The number of nitrogens with two attached hydrogens (primary N) is 1. The largest absolute Gasteiger partial charge is 0.381 e. The molecule has 1 aliphatic heterocycles. The van der Waals surface area contributed by atoms with Crippen molar-refractivity contribution in [2.45, 2.75) is 45.6 Å². The highest BCUT2D eigenvalue weighted by atomic mass is 35.5. The van der Waals surface area contributed by atoms with Crippen molar-refractivity contribution in [3.63, 3.8) is 0 Å². The second kappa shape index (κ2) is 7.97. The summed E-state index contributed by atoms with van der Waals surface area (Å²) in [6.45, 7) is 6.16. The van der Waals surface area contributed by atoms with E-state index in [1.54, 1.807) is 7.11 Å². The highest BCUT2D eigenvalue weighted by Crippen LogP contribution is 2.29. The minimum Gasteiger partial charge on any atom is -0.381 e. The standard InChI is InChI=1S/C13H26N2O2.ClH/c1-4-13(5-2,10-14)12(16)15-8-6-11(17-3)7-9-15;/h11H,4-10,14H2,1-3H3;1H. The Morgan fingerprint density at radius 1 is 1.33 bits per heavy atom. The van der Waals surface area contributed by atoms with Crippen LogP contribution in [-0.2, 0) is 9.53 Å². The van der Waals surface area contributed by atoms with Crippen molar-refractivity contribution in [3.8, 4) is 0 Å². The Morgan fingerprint density at radius 2 is 1.83 bits per heavy atom. The summed E-state index contributed by atoms with van der Waals surface area (Å²) in [5.41, 5.74) is 5.47. The van der Waals surface area contributed by atoms with Crippen LogP contribution in [0.5, 0.6) is 0 Å². The fraction of sp³-hybridized carbons (Fsp3) is 0.923. The van der Waals surface area contributed by atoms with E-state index in [1.807, 2.05) is 4.90 Å². The number of carbonyl (C=O) groups excluding carboxylic acids is 1. The number of ether oxygens (including phenoxy) is 1. The zero-order valence-corrected chi connectivity index (χ0v) is 12.6. The van der Waals surface area contributed by atoms with E-state index in [-0.39, 0.29) is 23.7 Å². The molecule has 0 aromatic carbocycles. The maximum absolute atomic E-state index is 12.5. The molecule has 1 amide bonds. The van der Waals surface area contributed by atoms with Crippen LogP contribution >= 0.6 is 12.4 Å². The van der Waals surface area contributed by atoms with E-state index in [0.29, 0.717) is 12.6 Å². The molecule has 5 heteroatoms. The normalized spacial score (nSPS) is 17.4. The number of likely N-dealkylation sites (tertiary alicyclic amines) is 1. The van der Waals surface area contributed by atoms with Gasteiger partial charge in [0.15, 0.2) is 0 Å². The van der Waals surface area contributed by atoms with Crippen molar-refractivity contribution in [2.24, 2.45) is 11.1 Å². The third kappa shape index (κ3) is 3.59. The first-order valence-electron chi connectivity index (χ1n) is 6.65. The molecule has 108 valence electrons. The highest BCUT2D eigenvalue weighted by Gasteiger charge is 2.37. The Labute approximate surface area is 117 Å². The van der Waals surface area contributed by atoms with Gasteiger partial charge in [-0.05, 0) is 25.7 Å². The molecule has 0 spiro atoms. The molecule has 4 nitrogen and oxygen atoms in total. The van der Waals surface area contributed by atoms with E-state index in [0.717, 1.165) is 38.8 Å². The van der Waals surface area contributed by atoms with Gasteiger partial charge in [0.05, 0.1) is 11.5 Å². The number of hydrogen-bond acceptors (Lipinski definition) is 3. The monoisotopic (exact) mass is 278 g/mol. The summed E-state index contributed by atoms with van der Waals surface area (Å²) >= 11 is 0. The Bertz CT molecular complexity index is 241. The molecule has 0 radical (unpaired) electrons. The average molecular weight is 279 g/mol. The van der Waals surface area contributed by atoms with Crippen LogP contribution in [0.3, 0.4) is 0 Å². The van der Waals surface area contributed by atoms with Crippen LogP contribution in [0.1, 0.15) is 39.5 Å². The molecule has 2 N–H and O–H groups in total. The Morgan fingerprint density at radius 3 is 2.17 bits per heavy atom. The van der Waals surface area contributed by atoms with E-state index in [9.17, 15) is 4.79 Å². The zero-order valence-electron chi connectivity index (χ0n) is 11.8. The number of nitrogens with zero attached hydrogens (tertiary/aromatic N) is 1. The smallest absolute Gasteiger partial charge is 0.230 e. The van der Waals surface area contributed by atoms with Gasteiger partial charge in [0.1, 0.15) is 0 Å². The molecule has 1 fully saturated rings. The topological polar surface area (TPSA) is 55.6 Å². The predicted octanol–water partition coefficient (Wildman–Crippen LogP) is 1.81. The summed E-state index contributed by atoms with van der Waals surface area (Å²) in [6, 6.07) is 0. The SMILES string of the molecule is CCC(CC)(CN)C(=O)N1CCC(OC)CC1.Cl. The van der Waals surface area contributed by atoms with Gasteiger partial charge in [-0.25, -0.2) is 0 Å². The average Bonchev–Trinajstić information content (AvgIpc) is 2.41. The number of methoxy groups -OCH3 is 1. The van der Waals surface area contributed by atoms with Crippen molar-refractivity contribution in [1.82, 2.24) is 4.90 Å². The highest BCUT2D eigenvalue weighted by molar-refractivity contribution is 5.85. The van der Waals surface area contributed by atoms with Crippen LogP contribution in [0.15, 0.2) is 0 Å². The summed E-state index contributed by atoms with van der Waals surface area (Å²) in [5.74, 6) is 0.236. The van der Waals surface area contributed by atoms with Gasteiger partial charge < -0.3 is 15.4 Å². The quantitative estimate of drug-likeness (QED) is 0.834. The van der Waals surface area contributed by atoms with Crippen molar-refractivity contribution < 1.29 is 9.53 Å². The fourth-order valence-corrected chi connectivity index (χ4v) is 2.56. The van der Waals surface area contributed by atoms with Gasteiger partial charge in [0.25, 0.3) is 0 Å². The molecule has 1 saturated heterocycles. The number of rotatable bonds is 5. The third-order valence-corrected chi connectivity index (χ3v) is 4.26. The van der Waals surface area contributed by atoms with Crippen molar-refractivity contribution in [1.29, 1.82) is 0 Å². The van der Waals surface area contributed by atoms with Crippen LogP contribution in [0, 0.1) is 5.41 Å². The lowest BCUT2D eigenvalue weighted by atomic mass is 9.80. The van der Waals surface area contributed by atoms with Gasteiger partial charge in [-0.3, -0.25) is 4.79 Å². The molecule has 0 unspecified atom stereocenters. The maximum atomic E-state index is 12.5. The molecule has 18 heavy (non-hydrogen) atoms. The van der Waals surface area contributed by atoms with Gasteiger partial charge in [-0.2, -0.15) is 0 Å². The van der Waals surface area contributed by atoms with Crippen molar-refractivity contribution in [2.75, 3.05) is 26.7 Å². The number of halogens is 1. The van der Waals surface area contributed by atoms with Crippen molar-refractivity contribution in [3.05, 3.63) is 0 Å². The second-order valence-corrected chi connectivity index (χ2v) is 4.92. The lowest BCUT2D eigenvalue weighted by Gasteiger charge is -2.38. The second-order valence-electron chi connectivity index (χ2n) is 4.92.